The molecule has 1 atom stereocenters. The molecule has 0 aliphatic rings. The maximum atomic E-state index is 14.5. The van der Waals surface area contributed by atoms with Gasteiger partial charge in [0.1, 0.15) is 11.9 Å². The Kier molecular flexibility index (Phi) is 9.08. The molecule has 0 spiro atoms. The Hall–Kier alpha value is -2.89. The van der Waals surface area contributed by atoms with Crippen LogP contribution in [0.25, 0.3) is 0 Å². The van der Waals surface area contributed by atoms with Crippen LogP contribution >= 0.6 is 23.2 Å². The zero-order valence-electron chi connectivity index (χ0n) is 19.1. The summed E-state index contributed by atoms with van der Waals surface area (Å²) < 4.78 is 14.5. The van der Waals surface area contributed by atoms with Crippen LogP contribution in [0.4, 0.5) is 4.39 Å². The van der Waals surface area contributed by atoms with Crippen LogP contribution < -0.4 is 5.32 Å². The number of nitrogens with zero attached hydrogens (tertiary/aromatic N) is 1. The molecule has 0 radical (unpaired) electrons. The molecule has 0 saturated carbocycles. The monoisotopic (exact) mass is 500 g/mol. The van der Waals surface area contributed by atoms with Crippen LogP contribution in [0, 0.1) is 5.82 Å². The minimum Gasteiger partial charge on any atom is -0.352 e. The lowest BCUT2D eigenvalue weighted by molar-refractivity contribution is -0.141. The Bertz CT molecular complexity index is 1120. The zero-order chi connectivity index (χ0) is 24.7. The predicted molar refractivity (Wildman–Crippen MR) is 134 cm³/mol. The van der Waals surface area contributed by atoms with Gasteiger partial charge in [-0.15, -0.1) is 0 Å². The van der Waals surface area contributed by atoms with Gasteiger partial charge in [0.05, 0.1) is 6.42 Å². The van der Waals surface area contributed by atoms with Crippen molar-refractivity contribution in [2.24, 2.45) is 0 Å². The van der Waals surface area contributed by atoms with E-state index >= 15 is 0 Å². The van der Waals surface area contributed by atoms with E-state index in [4.69, 9.17) is 23.2 Å². The molecule has 3 aromatic carbocycles. The van der Waals surface area contributed by atoms with Crippen LogP contribution in [-0.2, 0) is 29.0 Å². The van der Waals surface area contributed by atoms with Crippen molar-refractivity contribution in [2.75, 3.05) is 0 Å². The molecule has 3 aromatic rings. The summed E-state index contributed by atoms with van der Waals surface area (Å²) in [4.78, 5) is 28.4. The summed E-state index contributed by atoms with van der Waals surface area (Å²) in [5, 5.41) is 3.61. The molecule has 0 fully saturated rings. The van der Waals surface area contributed by atoms with Crippen LogP contribution in [-0.4, -0.2) is 28.8 Å². The van der Waals surface area contributed by atoms with E-state index in [2.05, 4.69) is 5.32 Å². The summed E-state index contributed by atoms with van der Waals surface area (Å²) in [5.41, 5.74) is 1.77. The smallest absolute Gasteiger partial charge is 0.243 e. The van der Waals surface area contributed by atoms with Gasteiger partial charge in [0.15, 0.2) is 0 Å². The third-order valence-electron chi connectivity index (χ3n) is 5.33. The molecule has 0 aliphatic heterocycles. The molecule has 0 saturated heterocycles. The van der Waals surface area contributed by atoms with E-state index in [1.165, 1.54) is 17.0 Å². The van der Waals surface area contributed by atoms with Crippen LogP contribution in [0.5, 0.6) is 0 Å². The van der Waals surface area contributed by atoms with Crippen molar-refractivity contribution in [3.63, 3.8) is 0 Å². The molecule has 1 N–H and O–H groups in total. The minimum absolute atomic E-state index is 0.105. The van der Waals surface area contributed by atoms with Gasteiger partial charge in [-0.2, -0.15) is 0 Å². The molecular formula is C27H27Cl2FN2O2. The lowest BCUT2D eigenvalue weighted by atomic mass is 10.0. The topological polar surface area (TPSA) is 49.4 Å². The largest absolute Gasteiger partial charge is 0.352 e. The van der Waals surface area contributed by atoms with E-state index in [0.29, 0.717) is 11.4 Å². The quantitative estimate of drug-likeness (QED) is 0.401. The summed E-state index contributed by atoms with van der Waals surface area (Å²) in [5.74, 6) is -1.25. The van der Waals surface area contributed by atoms with Crippen molar-refractivity contribution in [1.29, 1.82) is 0 Å². The van der Waals surface area contributed by atoms with Crippen LogP contribution in [0.3, 0.4) is 0 Å². The molecule has 0 bridgehead atoms. The van der Waals surface area contributed by atoms with Crippen LogP contribution in [0.1, 0.15) is 30.5 Å². The van der Waals surface area contributed by atoms with Crippen molar-refractivity contribution in [3.05, 3.63) is 105 Å². The number of rotatable bonds is 9. The Morgan fingerprint density at radius 1 is 0.941 bits per heavy atom. The molecule has 0 heterocycles. The molecule has 178 valence electrons. The summed E-state index contributed by atoms with van der Waals surface area (Å²) in [6.45, 7) is 3.86. The number of carbonyl (C=O) groups excluding carboxylic acids is 2. The van der Waals surface area contributed by atoms with E-state index in [-0.39, 0.29) is 35.5 Å². The van der Waals surface area contributed by atoms with Crippen molar-refractivity contribution < 1.29 is 14.0 Å². The summed E-state index contributed by atoms with van der Waals surface area (Å²) >= 11 is 12.4. The molecule has 3 rings (SSSR count). The number of halogens is 3. The first-order chi connectivity index (χ1) is 16.2. The number of amides is 2. The lowest BCUT2D eigenvalue weighted by Gasteiger charge is -2.32. The van der Waals surface area contributed by atoms with Crippen molar-refractivity contribution in [3.8, 4) is 0 Å². The Labute approximate surface area is 209 Å². The van der Waals surface area contributed by atoms with Gasteiger partial charge in [-0.05, 0) is 49.2 Å². The van der Waals surface area contributed by atoms with Gasteiger partial charge in [0, 0.05) is 34.6 Å². The fraction of sp³-hybridized carbons (Fsp3) is 0.259. The highest BCUT2D eigenvalue weighted by molar-refractivity contribution is 6.31. The predicted octanol–water partition coefficient (Wildman–Crippen LogP) is 5.84. The number of carbonyl (C=O) groups is 2. The molecule has 0 aromatic heterocycles. The summed E-state index contributed by atoms with van der Waals surface area (Å²) in [6.07, 6.45) is 0.0308. The second-order valence-electron chi connectivity index (χ2n) is 8.40. The van der Waals surface area contributed by atoms with E-state index in [0.717, 1.165) is 11.1 Å². The van der Waals surface area contributed by atoms with E-state index in [1.54, 1.807) is 24.3 Å². The van der Waals surface area contributed by atoms with Gasteiger partial charge in [0.2, 0.25) is 11.8 Å². The molecule has 1 unspecified atom stereocenters. The zero-order valence-corrected chi connectivity index (χ0v) is 20.6. The first-order valence-electron chi connectivity index (χ1n) is 11.1. The first kappa shape index (κ1) is 25.7. The SMILES string of the molecule is CC(C)NC(=O)C(Cc1ccccc1)N(Cc1cccc(Cl)c1)C(=O)Cc1c(F)cccc1Cl. The second-order valence-corrected chi connectivity index (χ2v) is 9.24. The van der Waals surface area contributed by atoms with Gasteiger partial charge in [-0.1, -0.05) is 71.7 Å². The third kappa shape index (κ3) is 7.05. The number of nitrogens with one attached hydrogen (secondary N) is 1. The van der Waals surface area contributed by atoms with Crippen molar-refractivity contribution in [1.82, 2.24) is 10.2 Å². The van der Waals surface area contributed by atoms with Crippen molar-refractivity contribution in [2.45, 2.75) is 45.3 Å². The van der Waals surface area contributed by atoms with E-state index in [9.17, 15) is 14.0 Å². The minimum atomic E-state index is -0.818. The lowest BCUT2D eigenvalue weighted by Crippen LogP contribution is -2.52. The van der Waals surface area contributed by atoms with Gasteiger partial charge in [-0.3, -0.25) is 9.59 Å². The summed E-state index contributed by atoms with van der Waals surface area (Å²) in [6, 6.07) is 19.9. The highest BCUT2D eigenvalue weighted by Gasteiger charge is 2.31. The molecule has 2 amide bonds. The van der Waals surface area contributed by atoms with E-state index < -0.39 is 17.8 Å². The molecular weight excluding hydrogens is 474 g/mol. The Morgan fingerprint density at radius 3 is 2.26 bits per heavy atom. The number of hydrogen-bond acceptors (Lipinski definition) is 2. The maximum absolute atomic E-state index is 14.5. The summed E-state index contributed by atoms with van der Waals surface area (Å²) in [7, 11) is 0. The molecule has 0 aliphatic carbocycles. The Morgan fingerprint density at radius 2 is 1.62 bits per heavy atom. The van der Waals surface area contributed by atoms with E-state index in [1.807, 2.05) is 50.2 Å². The normalized spacial score (nSPS) is 11.8. The average Bonchev–Trinajstić information content (AvgIpc) is 2.79. The fourth-order valence-corrected chi connectivity index (χ4v) is 4.16. The number of hydrogen-bond donors (Lipinski definition) is 1. The van der Waals surface area contributed by atoms with Gasteiger partial charge in [0.25, 0.3) is 0 Å². The van der Waals surface area contributed by atoms with Crippen LogP contribution in [0.15, 0.2) is 72.8 Å². The average molecular weight is 501 g/mol. The van der Waals surface area contributed by atoms with Gasteiger partial charge < -0.3 is 10.2 Å². The van der Waals surface area contributed by atoms with Crippen molar-refractivity contribution >= 4 is 35.0 Å². The van der Waals surface area contributed by atoms with Gasteiger partial charge in [-0.25, -0.2) is 4.39 Å². The highest BCUT2D eigenvalue weighted by atomic mass is 35.5. The maximum Gasteiger partial charge on any atom is 0.243 e. The molecule has 4 nitrogen and oxygen atoms in total. The Balaban J connectivity index is 2.01. The van der Waals surface area contributed by atoms with Gasteiger partial charge >= 0.3 is 0 Å². The second kappa shape index (κ2) is 12.0. The standard InChI is InChI=1S/C27H27Cl2FN2O2/c1-18(2)31-27(34)25(15-19-8-4-3-5-9-19)32(17-20-10-6-11-21(28)14-20)26(33)16-22-23(29)12-7-13-24(22)30/h3-14,18,25H,15-17H2,1-2H3,(H,31,34). The fourth-order valence-electron chi connectivity index (χ4n) is 3.72. The number of benzene rings is 3. The highest BCUT2D eigenvalue weighted by Crippen LogP contribution is 2.23. The third-order valence-corrected chi connectivity index (χ3v) is 5.92. The molecule has 34 heavy (non-hydrogen) atoms. The molecule has 7 heteroatoms. The first-order valence-corrected chi connectivity index (χ1v) is 11.8. The van der Waals surface area contributed by atoms with Crippen LogP contribution in [0.2, 0.25) is 10.0 Å².